The molecule has 0 atom stereocenters. The number of nitrogens with one attached hydrogen (secondary N) is 1. The third kappa shape index (κ3) is 2.57. The quantitative estimate of drug-likeness (QED) is 0.625. The Balaban J connectivity index is 2.28. The van der Waals surface area contributed by atoms with Crippen LogP contribution in [0.1, 0.15) is 10.4 Å². The highest BCUT2D eigenvalue weighted by atomic mass is 19.1. The van der Waals surface area contributed by atoms with E-state index < -0.39 is 29.0 Å². The van der Waals surface area contributed by atoms with E-state index in [-0.39, 0.29) is 11.3 Å². The van der Waals surface area contributed by atoms with Gasteiger partial charge in [0.1, 0.15) is 17.1 Å². The predicted molar refractivity (Wildman–Crippen MR) is 65.8 cm³/mol. The monoisotopic (exact) mass is 263 g/mol. The maximum Gasteiger partial charge on any atom is 0.263 e. The summed E-state index contributed by atoms with van der Waals surface area (Å²) in [6.07, 6.45) is 0. The van der Waals surface area contributed by atoms with E-state index in [0.717, 1.165) is 12.1 Å². The van der Waals surface area contributed by atoms with Gasteiger partial charge in [-0.1, -0.05) is 6.07 Å². The van der Waals surface area contributed by atoms with Crippen molar-refractivity contribution in [2.75, 3.05) is 5.32 Å². The maximum atomic E-state index is 13.1. The lowest BCUT2D eigenvalue weighted by molar-refractivity contribution is 0.102. The fourth-order valence-electron chi connectivity index (χ4n) is 1.54. The lowest BCUT2D eigenvalue weighted by Gasteiger charge is -2.08. The minimum Gasteiger partial charge on any atom is -0.507 e. The normalized spacial score (nSPS) is 10.2. The van der Waals surface area contributed by atoms with Crippen molar-refractivity contribution in [3.8, 4) is 17.2 Å². The molecule has 0 heterocycles. The Morgan fingerprint density at radius 3 is 2.21 bits per heavy atom. The molecule has 0 bridgehead atoms. The van der Waals surface area contributed by atoms with Gasteiger partial charge in [0.25, 0.3) is 5.91 Å². The molecule has 2 aromatic rings. The van der Waals surface area contributed by atoms with Crippen LogP contribution < -0.4 is 5.32 Å². The Morgan fingerprint density at radius 1 is 1.00 bits per heavy atom. The molecule has 5 nitrogen and oxygen atoms in total. The number of carbonyl (C=O) groups is 1. The van der Waals surface area contributed by atoms with Crippen molar-refractivity contribution < 1.29 is 24.5 Å². The molecule has 0 aliphatic carbocycles. The van der Waals surface area contributed by atoms with Crippen molar-refractivity contribution in [1.29, 1.82) is 0 Å². The molecule has 19 heavy (non-hydrogen) atoms. The summed E-state index contributed by atoms with van der Waals surface area (Å²) in [6, 6.07) is 7.15. The predicted octanol–water partition coefficient (Wildman–Crippen LogP) is 2.19. The summed E-state index contributed by atoms with van der Waals surface area (Å²) in [7, 11) is 0. The number of aromatic hydroxyl groups is 3. The first-order valence-electron chi connectivity index (χ1n) is 5.30. The number of hydrogen-bond donors (Lipinski definition) is 4. The molecule has 1 amide bonds. The number of benzene rings is 2. The van der Waals surface area contributed by atoms with E-state index in [9.17, 15) is 19.4 Å². The summed E-state index contributed by atoms with van der Waals surface area (Å²) >= 11 is 0. The van der Waals surface area contributed by atoms with E-state index in [1.54, 1.807) is 0 Å². The molecule has 0 aliphatic rings. The topological polar surface area (TPSA) is 89.8 Å². The molecular weight excluding hydrogens is 253 g/mol. The van der Waals surface area contributed by atoms with E-state index in [2.05, 4.69) is 5.32 Å². The maximum absolute atomic E-state index is 13.1. The molecule has 0 unspecified atom stereocenters. The molecule has 0 aromatic heterocycles. The number of hydrogen-bond acceptors (Lipinski definition) is 4. The van der Waals surface area contributed by atoms with Gasteiger partial charge >= 0.3 is 0 Å². The average molecular weight is 263 g/mol. The van der Waals surface area contributed by atoms with Crippen LogP contribution in [-0.4, -0.2) is 21.2 Å². The molecule has 6 heteroatoms. The Hall–Kier alpha value is -2.76. The largest absolute Gasteiger partial charge is 0.507 e. The van der Waals surface area contributed by atoms with Crippen LogP contribution in [0.4, 0.5) is 10.1 Å². The minimum atomic E-state index is -0.890. The smallest absolute Gasteiger partial charge is 0.263 e. The number of rotatable bonds is 2. The summed E-state index contributed by atoms with van der Waals surface area (Å²) in [4.78, 5) is 11.8. The molecule has 0 radical (unpaired) electrons. The van der Waals surface area contributed by atoms with E-state index in [1.807, 2.05) is 0 Å². The number of phenolic OH excluding ortho intramolecular Hbond substituents is 3. The Bertz CT molecular complexity index is 622. The Morgan fingerprint density at radius 2 is 1.63 bits per heavy atom. The third-order valence-electron chi connectivity index (χ3n) is 2.45. The summed E-state index contributed by atoms with van der Waals surface area (Å²) in [5.41, 5.74) is -0.223. The minimum absolute atomic E-state index is 0.0861. The second-order valence-corrected chi connectivity index (χ2v) is 3.79. The van der Waals surface area contributed by atoms with Crippen LogP contribution in [-0.2, 0) is 0 Å². The van der Waals surface area contributed by atoms with Crippen molar-refractivity contribution in [1.82, 2.24) is 0 Å². The molecule has 2 rings (SSSR count). The lowest BCUT2D eigenvalue weighted by Crippen LogP contribution is -2.12. The van der Waals surface area contributed by atoms with Crippen LogP contribution in [0, 0.1) is 5.82 Å². The second kappa shape index (κ2) is 4.85. The molecule has 0 saturated carbocycles. The summed E-state index contributed by atoms with van der Waals surface area (Å²) in [6.45, 7) is 0. The van der Waals surface area contributed by atoms with E-state index >= 15 is 0 Å². The van der Waals surface area contributed by atoms with Crippen molar-refractivity contribution in [2.45, 2.75) is 0 Å². The van der Waals surface area contributed by atoms with E-state index in [0.29, 0.717) is 0 Å². The number of amides is 1. The highest BCUT2D eigenvalue weighted by molar-refractivity contribution is 6.08. The third-order valence-corrected chi connectivity index (χ3v) is 2.45. The van der Waals surface area contributed by atoms with Gasteiger partial charge in [-0.3, -0.25) is 4.79 Å². The summed E-state index contributed by atoms with van der Waals surface area (Å²) in [5.74, 6) is -3.00. The Kier molecular flexibility index (Phi) is 3.24. The summed E-state index contributed by atoms with van der Waals surface area (Å²) < 4.78 is 13.1. The molecule has 0 fully saturated rings. The van der Waals surface area contributed by atoms with Gasteiger partial charge in [-0.25, -0.2) is 4.39 Å². The first kappa shape index (κ1) is 12.7. The van der Waals surface area contributed by atoms with Gasteiger partial charge in [-0.05, 0) is 24.3 Å². The van der Waals surface area contributed by atoms with E-state index in [4.69, 9.17) is 5.11 Å². The van der Waals surface area contributed by atoms with Gasteiger partial charge < -0.3 is 20.6 Å². The zero-order valence-corrected chi connectivity index (χ0v) is 9.59. The molecule has 0 aliphatic heterocycles. The van der Waals surface area contributed by atoms with Crippen molar-refractivity contribution in [3.63, 3.8) is 0 Å². The lowest BCUT2D eigenvalue weighted by atomic mass is 10.1. The SMILES string of the molecule is O=C(Nc1ccc(O)c(F)c1)c1c(O)cccc1O. The van der Waals surface area contributed by atoms with Crippen LogP contribution in [0.5, 0.6) is 17.2 Å². The van der Waals surface area contributed by atoms with Crippen molar-refractivity contribution in [2.24, 2.45) is 0 Å². The number of halogens is 1. The average Bonchev–Trinajstić information content (AvgIpc) is 2.33. The van der Waals surface area contributed by atoms with Gasteiger partial charge in [0.15, 0.2) is 11.6 Å². The fraction of sp³-hybridized carbons (Fsp3) is 0. The summed E-state index contributed by atoms with van der Waals surface area (Å²) in [5, 5.41) is 30.3. The molecule has 0 saturated heterocycles. The number of anilines is 1. The second-order valence-electron chi connectivity index (χ2n) is 3.79. The zero-order valence-electron chi connectivity index (χ0n) is 9.59. The first-order valence-corrected chi connectivity index (χ1v) is 5.30. The highest BCUT2D eigenvalue weighted by Crippen LogP contribution is 2.27. The van der Waals surface area contributed by atoms with Gasteiger partial charge in [0.05, 0.1) is 0 Å². The fourth-order valence-corrected chi connectivity index (χ4v) is 1.54. The highest BCUT2D eigenvalue weighted by Gasteiger charge is 2.16. The molecular formula is C13H10FNO4. The molecule has 98 valence electrons. The zero-order chi connectivity index (χ0) is 14.0. The standard InChI is InChI=1S/C13H10FNO4/c14-8-6-7(4-5-9(8)16)15-13(19)12-10(17)2-1-3-11(12)18/h1-6,16-18H,(H,15,19). The molecule has 0 spiro atoms. The van der Waals surface area contributed by atoms with Crippen LogP contribution in [0.2, 0.25) is 0 Å². The molecule has 4 N–H and O–H groups in total. The molecule has 2 aromatic carbocycles. The van der Waals surface area contributed by atoms with Crippen LogP contribution in [0.15, 0.2) is 36.4 Å². The number of phenols is 3. The van der Waals surface area contributed by atoms with Crippen LogP contribution >= 0.6 is 0 Å². The van der Waals surface area contributed by atoms with Crippen molar-refractivity contribution >= 4 is 11.6 Å². The van der Waals surface area contributed by atoms with Crippen molar-refractivity contribution in [3.05, 3.63) is 47.8 Å². The first-order chi connectivity index (χ1) is 8.99. The van der Waals surface area contributed by atoms with Gasteiger partial charge in [0.2, 0.25) is 0 Å². The van der Waals surface area contributed by atoms with Gasteiger partial charge in [0, 0.05) is 11.8 Å². The van der Waals surface area contributed by atoms with Gasteiger partial charge in [-0.2, -0.15) is 0 Å². The van der Waals surface area contributed by atoms with E-state index in [1.165, 1.54) is 24.3 Å². The number of carbonyl (C=O) groups excluding carboxylic acids is 1. The van der Waals surface area contributed by atoms with Crippen LogP contribution in [0.3, 0.4) is 0 Å². The Labute approximate surface area is 107 Å². The van der Waals surface area contributed by atoms with Gasteiger partial charge in [-0.15, -0.1) is 0 Å². The van der Waals surface area contributed by atoms with Crippen LogP contribution in [0.25, 0.3) is 0 Å².